The first kappa shape index (κ1) is 15.5. The van der Waals surface area contributed by atoms with Crippen LogP contribution in [0.2, 0.25) is 0 Å². The van der Waals surface area contributed by atoms with Crippen molar-refractivity contribution < 1.29 is 0 Å². The van der Waals surface area contributed by atoms with Crippen LogP contribution in [-0.2, 0) is 0 Å². The molecule has 1 unspecified atom stereocenters. The van der Waals surface area contributed by atoms with Gasteiger partial charge in [-0.15, -0.1) is 0 Å². The molecule has 0 bridgehead atoms. The van der Waals surface area contributed by atoms with Gasteiger partial charge in [-0.3, -0.25) is 0 Å². The van der Waals surface area contributed by atoms with Gasteiger partial charge in [0.2, 0.25) is 0 Å². The van der Waals surface area contributed by atoms with Gasteiger partial charge in [0.25, 0.3) is 0 Å². The molecule has 0 saturated heterocycles. The molecule has 1 saturated carbocycles. The molecule has 0 spiro atoms. The number of hydrogen-bond donors (Lipinski definition) is 0. The van der Waals surface area contributed by atoms with Crippen molar-refractivity contribution in [2.75, 3.05) is 18.9 Å². The molecule has 17 heavy (non-hydrogen) atoms. The van der Waals surface area contributed by atoms with E-state index >= 15 is 0 Å². The zero-order chi connectivity index (χ0) is 12.9. The highest BCUT2D eigenvalue weighted by Crippen LogP contribution is 2.38. The lowest BCUT2D eigenvalue weighted by molar-refractivity contribution is 0.130. The van der Waals surface area contributed by atoms with Crippen molar-refractivity contribution >= 4 is 15.9 Å². The quantitative estimate of drug-likeness (QED) is 0.558. The summed E-state index contributed by atoms with van der Waals surface area (Å²) in [6, 6.07) is 0.780. The highest BCUT2D eigenvalue weighted by molar-refractivity contribution is 9.09. The second-order valence-electron chi connectivity index (χ2n) is 6.13. The second-order valence-corrected chi connectivity index (χ2v) is 6.69. The van der Waals surface area contributed by atoms with Gasteiger partial charge < -0.3 is 4.90 Å². The van der Waals surface area contributed by atoms with Crippen molar-refractivity contribution in [3.63, 3.8) is 0 Å². The van der Waals surface area contributed by atoms with E-state index in [0.29, 0.717) is 5.41 Å². The minimum atomic E-state index is 0.501. The Hall–Kier alpha value is 0.440. The number of nitrogens with zero attached hydrogens (tertiary/aromatic N) is 1. The largest absolute Gasteiger partial charge is 0.303 e. The van der Waals surface area contributed by atoms with Crippen LogP contribution >= 0.6 is 15.9 Å². The lowest BCUT2D eigenvalue weighted by Gasteiger charge is -2.38. The Labute approximate surface area is 116 Å². The normalized spacial score (nSPS) is 18.7. The average molecular weight is 304 g/mol. The zero-order valence-electron chi connectivity index (χ0n) is 12.1. The van der Waals surface area contributed by atoms with Gasteiger partial charge in [-0.2, -0.15) is 0 Å². The highest BCUT2D eigenvalue weighted by atomic mass is 79.9. The minimum absolute atomic E-state index is 0.501. The van der Waals surface area contributed by atoms with Crippen molar-refractivity contribution in [2.24, 2.45) is 11.3 Å². The molecule has 1 aliphatic rings. The van der Waals surface area contributed by atoms with E-state index in [2.05, 4.69) is 48.6 Å². The van der Waals surface area contributed by atoms with E-state index in [1.54, 1.807) is 0 Å². The first-order valence-electron chi connectivity index (χ1n) is 7.34. The maximum Gasteiger partial charge on any atom is 0.0100 e. The Balaban J connectivity index is 2.55. The topological polar surface area (TPSA) is 3.24 Å². The Bertz CT molecular complexity index is 207. The highest BCUT2D eigenvalue weighted by Gasteiger charge is 2.35. The maximum absolute atomic E-state index is 3.78. The molecule has 0 amide bonds. The molecule has 102 valence electrons. The van der Waals surface area contributed by atoms with Crippen LogP contribution in [0.4, 0.5) is 0 Å². The van der Waals surface area contributed by atoms with Crippen molar-refractivity contribution in [1.29, 1.82) is 0 Å². The monoisotopic (exact) mass is 303 g/mol. The summed E-state index contributed by atoms with van der Waals surface area (Å²) in [6.45, 7) is 8.31. The molecule has 0 heterocycles. The molecule has 0 N–H and O–H groups in total. The van der Waals surface area contributed by atoms with Gasteiger partial charge in [0.15, 0.2) is 0 Å². The number of rotatable bonds is 9. The van der Waals surface area contributed by atoms with Crippen LogP contribution in [0, 0.1) is 11.3 Å². The van der Waals surface area contributed by atoms with Crippen molar-refractivity contribution in [3.05, 3.63) is 0 Å². The Morgan fingerprint density at radius 1 is 1.24 bits per heavy atom. The molecule has 2 heteroatoms. The summed E-state index contributed by atoms with van der Waals surface area (Å²) in [7, 11) is 2.33. The Morgan fingerprint density at radius 2 is 1.76 bits per heavy atom. The van der Waals surface area contributed by atoms with E-state index in [-0.39, 0.29) is 0 Å². The third kappa shape index (κ3) is 4.55. The summed E-state index contributed by atoms with van der Waals surface area (Å²) in [4.78, 5) is 2.62. The molecule has 0 aromatic rings. The van der Waals surface area contributed by atoms with Crippen molar-refractivity contribution in [3.8, 4) is 0 Å². The number of alkyl halides is 1. The van der Waals surface area contributed by atoms with Gasteiger partial charge in [-0.1, -0.05) is 42.6 Å². The number of hydrogen-bond acceptors (Lipinski definition) is 1. The smallest absolute Gasteiger partial charge is 0.0100 e. The molecule has 1 atom stereocenters. The molecule has 1 rings (SSSR count). The fourth-order valence-electron chi connectivity index (χ4n) is 3.13. The van der Waals surface area contributed by atoms with E-state index in [1.807, 2.05) is 0 Å². The molecule has 1 fully saturated rings. The predicted molar refractivity (Wildman–Crippen MR) is 80.9 cm³/mol. The SMILES string of the molecule is CCCC(CBr)(CCC)CN(C)C(C)C1CC1. The fourth-order valence-corrected chi connectivity index (χ4v) is 3.87. The fraction of sp³-hybridized carbons (Fsp3) is 1.00. The lowest BCUT2D eigenvalue weighted by atomic mass is 9.80. The van der Waals surface area contributed by atoms with E-state index in [0.717, 1.165) is 17.3 Å². The second kappa shape index (κ2) is 7.13. The summed E-state index contributed by atoms with van der Waals surface area (Å²) < 4.78 is 0. The van der Waals surface area contributed by atoms with Crippen LogP contribution in [0.1, 0.15) is 59.3 Å². The molecule has 1 nitrogen and oxygen atoms in total. The van der Waals surface area contributed by atoms with Gasteiger partial charge in [0, 0.05) is 17.9 Å². The molecule has 0 aromatic carbocycles. The van der Waals surface area contributed by atoms with E-state index in [9.17, 15) is 0 Å². The molecule has 0 aliphatic heterocycles. The minimum Gasteiger partial charge on any atom is -0.303 e. The van der Waals surface area contributed by atoms with Gasteiger partial charge >= 0.3 is 0 Å². The Morgan fingerprint density at radius 3 is 2.12 bits per heavy atom. The summed E-state index contributed by atoms with van der Waals surface area (Å²) in [5, 5.41) is 1.16. The maximum atomic E-state index is 3.78. The van der Waals surface area contributed by atoms with Gasteiger partial charge in [-0.25, -0.2) is 0 Å². The lowest BCUT2D eigenvalue weighted by Crippen LogP contribution is -2.42. The summed E-state index contributed by atoms with van der Waals surface area (Å²) in [5.74, 6) is 0.983. The third-order valence-electron chi connectivity index (χ3n) is 4.43. The van der Waals surface area contributed by atoms with Crippen LogP contribution in [0.25, 0.3) is 0 Å². The average Bonchev–Trinajstić information content (AvgIpc) is 3.12. The van der Waals surface area contributed by atoms with Gasteiger partial charge in [0.1, 0.15) is 0 Å². The van der Waals surface area contributed by atoms with Crippen molar-refractivity contribution in [1.82, 2.24) is 4.90 Å². The van der Waals surface area contributed by atoms with Crippen LogP contribution < -0.4 is 0 Å². The molecule has 0 aromatic heterocycles. The van der Waals surface area contributed by atoms with Crippen LogP contribution in [0.5, 0.6) is 0 Å². The molecular weight excluding hydrogens is 274 g/mol. The van der Waals surface area contributed by atoms with Crippen LogP contribution in [0.15, 0.2) is 0 Å². The molecule has 1 aliphatic carbocycles. The zero-order valence-corrected chi connectivity index (χ0v) is 13.7. The van der Waals surface area contributed by atoms with E-state index in [1.165, 1.54) is 45.1 Å². The van der Waals surface area contributed by atoms with Gasteiger partial charge in [0.05, 0.1) is 0 Å². The summed E-state index contributed by atoms with van der Waals surface area (Å²) in [5.41, 5.74) is 0.501. The standard InChI is InChI=1S/C15H30BrN/c1-5-9-15(11-16,10-6-2)12-17(4)13(3)14-7-8-14/h13-14H,5-12H2,1-4H3. The summed E-state index contributed by atoms with van der Waals surface area (Å²) >= 11 is 3.78. The number of halogens is 1. The first-order valence-corrected chi connectivity index (χ1v) is 8.47. The van der Waals surface area contributed by atoms with E-state index in [4.69, 9.17) is 0 Å². The first-order chi connectivity index (χ1) is 8.08. The van der Waals surface area contributed by atoms with Crippen molar-refractivity contribution in [2.45, 2.75) is 65.3 Å². The van der Waals surface area contributed by atoms with Crippen LogP contribution in [0.3, 0.4) is 0 Å². The Kier molecular flexibility index (Phi) is 6.50. The molecule has 0 radical (unpaired) electrons. The van der Waals surface area contributed by atoms with Crippen LogP contribution in [-0.4, -0.2) is 29.9 Å². The van der Waals surface area contributed by atoms with E-state index < -0.39 is 0 Å². The predicted octanol–water partition coefficient (Wildman–Crippen LogP) is 4.70. The third-order valence-corrected chi connectivity index (χ3v) is 5.62. The van der Waals surface area contributed by atoms with Gasteiger partial charge in [-0.05, 0) is 51.0 Å². The summed E-state index contributed by atoms with van der Waals surface area (Å²) in [6.07, 6.45) is 8.22. The molecular formula is C15H30BrN.